The molecule has 0 amide bonds. The van der Waals surface area contributed by atoms with Gasteiger partial charge in [0.1, 0.15) is 0 Å². The smallest absolute Gasteiger partial charge is 0.0986 e. The number of nitrogens with zero attached hydrogens (tertiary/aromatic N) is 1. The third kappa shape index (κ3) is 4.01. The van der Waals surface area contributed by atoms with Gasteiger partial charge in [0.05, 0.1) is 17.3 Å². The highest BCUT2D eigenvalue weighted by Gasteiger charge is 2.24. The SMILES string of the molecule is CC(C)c1nc(C2CCOC2)sc1CNC(C)(C)C. The fraction of sp³-hybridized carbons (Fsp3) is 0.800. The Kier molecular flexibility index (Phi) is 4.64. The third-order valence-corrected chi connectivity index (χ3v) is 4.58. The number of ether oxygens (including phenoxy) is 1. The normalized spacial score (nSPS) is 20.4. The molecule has 1 aromatic heterocycles. The summed E-state index contributed by atoms with van der Waals surface area (Å²) in [6.45, 7) is 13.7. The molecule has 3 nitrogen and oxygen atoms in total. The molecule has 0 radical (unpaired) electrons. The van der Waals surface area contributed by atoms with Gasteiger partial charge in [0.2, 0.25) is 0 Å². The van der Waals surface area contributed by atoms with E-state index >= 15 is 0 Å². The molecule has 4 heteroatoms. The van der Waals surface area contributed by atoms with Crippen LogP contribution in [0.25, 0.3) is 0 Å². The lowest BCUT2D eigenvalue weighted by atomic mass is 10.1. The van der Waals surface area contributed by atoms with Gasteiger partial charge in [-0.15, -0.1) is 11.3 Å². The average molecular weight is 282 g/mol. The summed E-state index contributed by atoms with van der Waals surface area (Å²) in [5.41, 5.74) is 1.41. The predicted molar refractivity (Wildman–Crippen MR) is 81.0 cm³/mol. The number of hydrogen-bond donors (Lipinski definition) is 1. The fourth-order valence-corrected chi connectivity index (χ4v) is 3.49. The lowest BCUT2D eigenvalue weighted by molar-refractivity contribution is 0.194. The van der Waals surface area contributed by atoms with Gasteiger partial charge in [0.25, 0.3) is 0 Å². The van der Waals surface area contributed by atoms with E-state index in [1.54, 1.807) is 0 Å². The Labute approximate surface area is 120 Å². The van der Waals surface area contributed by atoms with Crippen molar-refractivity contribution in [1.82, 2.24) is 10.3 Å². The van der Waals surface area contributed by atoms with E-state index in [4.69, 9.17) is 9.72 Å². The molecule has 1 fully saturated rings. The molecule has 108 valence electrons. The van der Waals surface area contributed by atoms with Crippen molar-refractivity contribution in [1.29, 1.82) is 0 Å². The minimum absolute atomic E-state index is 0.148. The topological polar surface area (TPSA) is 34.1 Å². The third-order valence-electron chi connectivity index (χ3n) is 3.35. The number of thiazole rings is 1. The summed E-state index contributed by atoms with van der Waals surface area (Å²) in [5.74, 6) is 1.01. The molecule has 1 aliphatic rings. The number of rotatable bonds is 4. The molecule has 1 aromatic rings. The molecule has 0 aromatic carbocycles. The maximum absolute atomic E-state index is 5.49. The molecular weight excluding hydrogens is 256 g/mol. The molecule has 1 N–H and O–H groups in total. The second-order valence-electron chi connectivity index (χ2n) is 6.68. The quantitative estimate of drug-likeness (QED) is 0.915. The monoisotopic (exact) mass is 282 g/mol. The van der Waals surface area contributed by atoms with Gasteiger partial charge < -0.3 is 10.1 Å². The molecule has 1 atom stereocenters. The summed E-state index contributed by atoms with van der Waals surface area (Å²) >= 11 is 1.87. The highest BCUT2D eigenvalue weighted by molar-refractivity contribution is 7.11. The van der Waals surface area contributed by atoms with Crippen molar-refractivity contribution in [3.63, 3.8) is 0 Å². The van der Waals surface area contributed by atoms with Crippen LogP contribution in [0.3, 0.4) is 0 Å². The van der Waals surface area contributed by atoms with Gasteiger partial charge in [0, 0.05) is 29.5 Å². The van der Waals surface area contributed by atoms with E-state index in [-0.39, 0.29) is 5.54 Å². The van der Waals surface area contributed by atoms with Gasteiger partial charge in [0.15, 0.2) is 0 Å². The Morgan fingerprint density at radius 1 is 1.42 bits per heavy atom. The van der Waals surface area contributed by atoms with Crippen LogP contribution < -0.4 is 5.32 Å². The zero-order valence-electron chi connectivity index (χ0n) is 12.7. The van der Waals surface area contributed by atoms with Crippen molar-refractivity contribution in [2.45, 2.75) is 65.0 Å². The molecule has 0 bridgehead atoms. The zero-order valence-corrected chi connectivity index (χ0v) is 13.6. The molecule has 0 saturated carbocycles. The van der Waals surface area contributed by atoms with E-state index in [2.05, 4.69) is 39.9 Å². The number of hydrogen-bond acceptors (Lipinski definition) is 4. The average Bonchev–Trinajstić information content (AvgIpc) is 2.94. The van der Waals surface area contributed by atoms with Crippen LogP contribution in [0.2, 0.25) is 0 Å². The van der Waals surface area contributed by atoms with Crippen molar-refractivity contribution in [2.75, 3.05) is 13.2 Å². The minimum Gasteiger partial charge on any atom is -0.381 e. The van der Waals surface area contributed by atoms with E-state index in [0.717, 1.165) is 26.2 Å². The van der Waals surface area contributed by atoms with Crippen molar-refractivity contribution in [3.8, 4) is 0 Å². The first-order chi connectivity index (χ1) is 8.87. The van der Waals surface area contributed by atoms with Gasteiger partial charge in [-0.05, 0) is 33.1 Å². The summed E-state index contributed by atoms with van der Waals surface area (Å²) in [4.78, 5) is 6.29. The molecule has 1 saturated heterocycles. The summed E-state index contributed by atoms with van der Waals surface area (Å²) < 4.78 is 5.49. The lowest BCUT2D eigenvalue weighted by Crippen LogP contribution is -2.35. The van der Waals surface area contributed by atoms with E-state index in [1.807, 2.05) is 11.3 Å². The van der Waals surface area contributed by atoms with Gasteiger partial charge in [-0.25, -0.2) is 4.98 Å². The van der Waals surface area contributed by atoms with Crippen LogP contribution in [0.4, 0.5) is 0 Å². The van der Waals surface area contributed by atoms with Crippen molar-refractivity contribution in [2.24, 2.45) is 0 Å². The van der Waals surface area contributed by atoms with Crippen LogP contribution in [0.1, 0.15) is 68.5 Å². The van der Waals surface area contributed by atoms with E-state index in [0.29, 0.717) is 11.8 Å². The van der Waals surface area contributed by atoms with Crippen LogP contribution >= 0.6 is 11.3 Å². The first kappa shape index (κ1) is 14.9. The molecule has 0 spiro atoms. The first-order valence-electron chi connectivity index (χ1n) is 7.19. The molecule has 2 heterocycles. The Morgan fingerprint density at radius 2 is 2.16 bits per heavy atom. The molecule has 1 unspecified atom stereocenters. The minimum atomic E-state index is 0.148. The Balaban J connectivity index is 2.15. The van der Waals surface area contributed by atoms with E-state index < -0.39 is 0 Å². The predicted octanol–water partition coefficient (Wildman–Crippen LogP) is 3.66. The number of aromatic nitrogens is 1. The van der Waals surface area contributed by atoms with Crippen molar-refractivity contribution >= 4 is 11.3 Å². The van der Waals surface area contributed by atoms with Crippen LogP contribution in [0.15, 0.2) is 0 Å². The molecular formula is C15H26N2OS. The second-order valence-corrected chi connectivity index (χ2v) is 7.79. The van der Waals surface area contributed by atoms with Gasteiger partial charge in [-0.1, -0.05) is 13.8 Å². The maximum Gasteiger partial charge on any atom is 0.0986 e. The summed E-state index contributed by atoms with van der Waals surface area (Å²) in [6, 6.07) is 0. The van der Waals surface area contributed by atoms with Crippen LogP contribution in [0, 0.1) is 0 Å². The summed E-state index contributed by atoms with van der Waals surface area (Å²) in [6.07, 6.45) is 1.12. The Bertz CT molecular complexity index is 414. The van der Waals surface area contributed by atoms with Crippen LogP contribution in [-0.4, -0.2) is 23.7 Å². The van der Waals surface area contributed by atoms with Crippen molar-refractivity contribution < 1.29 is 4.74 Å². The van der Waals surface area contributed by atoms with Crippen LogP contribution in [0.5, 0.6) is 0 Å². The molecule has 19 heavy (non-hydrogen) atoms. The van der Waals surface area contributed by atoms with Gasteiger partial charge in [-0.3, -0.25) is 0 Å². The zero-order chi connectivity index (χ0) is 14.0. The summed E-state index contributed by atoms with van der Waals surface area (Å²) in [5, 5.41) is 4.85. The summed E-state index contributed by atoms with van der Waals surface area (Å²) in [7, 11) is 0. The first-order valence-corrected chi connectivity index (χ1v) is 8.00. The van der Waals surface area contributed by atoms with E-state index in [9.17, 15) is 0 Å². The Morgan fingerprint density at radius 3 is 2.68 bits per heavy atom. The number of nitrogens with one attached hydrogen (secondary N) is 1. The molecule has 2 rings (SSSR count). The van der Waals surface area contributed by atoms with Gasteiger partial charge >= 0.3 is 0 Å². The van der Waals surface area contributed by atoms with E-state index in [1.165, 1.54) is 15.6 Å². The van der Waals surface area contributed by atoms with Crippen molar-refractivity contribution in [3.05, 3.63) is 15.6 Å². The largest absolute Gasteiger partial charge is 0.381 e. The molecule has 1 aliphatic heterocycles. The van der Waals surface area contributed by atoms with Gasteiger partial charge in [-0.2, -0.15) is 0 Å². The standard InChI is InChI=1S/C15H26N2OS/c1-10(2)13-12(8-16-15(3,4)5)19-14(17-13)11-6-7-18-9-11/h10-11,16H,6-9H2,1-5H3. The highest BCUT2D eigenvalue weighted by Crippen LogP contribution is 2.33. The fourth-order valence-electron chi connectivity index (χ4n) is 2.21. The second kappa shape index (κ2) is 5.90. The lowest BCUT2D eigenvalue weighted by Gasteiger charge is -2.20. The van der Waals surface area contributed by atoms with Crippen LogP contribution in [-0.2, 0) is 11.3 Å². The molecule has 0 aliphatic carbocycles. The maximum atomic E-state index is 5.49. The highest BCUT2D eigenvalue weighted by atomic mass is 32.1. The Hall–Kier alpha value is -0.450.